The number of pyridine rings is 2. The molecule has 6 N–H and O–H groups in total. The van der Waals surface area contributed by atoms with Gasteiger partial charge in [-0.2, -0.15) is 0 Å². The fourth-order valence-corrected chi connectivity index (χ4v) is 5.30. The van der Waals surface area contributed by atoms with Gasteiger partial charge in [-0.05, 0) is 54.6 Å². The molecule has 0 spiro atoms. The van der Waals surface area contributed by atoms with Crippen LogP contribution in [-0.2, 0) is 11.3 Å². The van der Waals surface area contributed by atoms with Gasteiger partial charge in [0.2, 0.25) is 35.1 Å². The number of aromatic nitrogens is 6. The van der Waals surface area contributed by atoms with Gasteiger partial charge in [0.15, 0.2) is 0 Å². The molecule has 8 rings (SSSR count). The van der Waals surface area contributed by atoms with Gasteiger partial charge < -0.3 is 20.6 Å². The number of benzene rings is 2. The second-order valence-electron chi connectivity index (χ2n) is 9.62. The summed E-state index contributed by atoms with van der Waals surface area (Å²) in [6, 6.07) is 23.3. The van der Waals surface area contributed by atoms with E-state index < -0.39 is 11.3 Å². The molecular weight excluding hydrogens is 523 g/mol. The molecule has 2 unspecified atom stereocenters. The van der Waals surface area contributed by atoms with E-state index in [1.54, 1.807) is 18.5 Å². The Labute approximate surface area is 231 Å². The molecule has 200 valence electrons. The highest BCUT2D eigenvalue weighted by Crippen LogP contribution is 2.48. The predicted octanol–water partition coefficient (Wildman–Crippen LogP) is 3.52. The number of H-pyrrole nitrogens is 2. The van der Waals surface area contributed by atoms with Crippen molar-refractivity contribution in [1.29, 1.82) is 0 Å². The Bertz CT molecular complexity index is 1950. The Morgan fingerprint density at radius 2 is 1.24 bits per heavy atom. The molecule has 41 heavy (non-hydrogen) atoms. The van der Waals surface area contributed by atoms with Crippen molar-refractivity contribution in [3.8, 4) is 0 Å². The van der Waals surface area contributed by atoms with Crippen LogP contribution in [0.5, 0.6) is 0 Å². The fourth-order valence-electron chi connectivity index (χ4n) is 5.30. The highest BCUT2D eigenvalue weighted by Gasteiger charge is 2.65. The second-order valence-corrected chi connectivity index (χ2v) is 9.62. The number of rotatable bonds is 4. The van der Waals surface area contributed by atoms with E-state index >= 15 is 0 Å². The number of hydrogen-bond acceptors (Lipinski definition) is 10. The van der Waals surface area contributed by atoms with Crippen molar-refractivity contribution in [2.24, 2.45) is 9.98 Å². The Hall–Kier alpha value is -5.85. The summed E-state index contributed by atoms with van der Waals surface area (Å²) in [6.45, 7) is 0. The molecule has 0 aliphatic carbocycles. The number of guanidine groups is 2. The third-order valence-corrected chi connectivity index (χ3v) is 7.06. The van der Waals surface area contributed by atoms with E-state index in [9.17, 15) is 4.39 Å². The van der Waals surface area contributed by atoms with Gasteiger partial charge in [0.1, 0.15) is 5.82 Å². The number of anilines is 2. The Morgan fingerprint density at radius 3 is 1.90 bits per heavy atom. The van der Waals surface area contributed by atoms with Crippen molar-refractivity contribution >= 4 is 45.9 Å². The lowest BCUT2D eigenvalue weighted by molar-refractivity contribution is 0.222. The molecular formula is C28H21FN12. The lowest BCUT2D eigenvalue weighted by Gasteiger charge is -2.35. The molecule has 0 fully saturated rings. The van der Waals surface area contributed by atoms with Gasteiger partial charge in [-0.1, -0.05) is 24.3 Å². The van der Waals surface area contributed by atoms with Gasteiger partial charge in [-0.15, -0.1) is 0 Å². The van der Waals surface area contributed by atoms with Gasteiger partial charge in [-0.3, -0.25) is 20.6 Å². The van der Waals surface area contributed by atoms with E-state index in [1.807, 2.05) is 60.7 Å². The Balaban J connectivity index is 1.25. The summed E-state index contributed by atoms with van der Waals surface area (Å²) in [7, 11) is 0. The van der Waals surface area contributed by atoms with E-state index in [0.29, 0.717) is 46.2 Å². The number of nitrogens with one attached hydrogen (secondary N) is 6. The number of aliphatic imine (C=N–C) groups is 2. The number of para-hydroxylation sites is 2. The SMILES string of the molecule is Fc1ccc2nc(NC3=NC4(c5ccccn5)N=C(Nc5nc6ccccc6[nH]5)NC4(c4ccccn4)N3)[nH]c2c1. The van der Waals surface area contributed by atoms with Crippen LogP contribution in [0.1, 0.15) is 11.4 Å². The molecule has 6 aromatic rings. The van der Waals surface area contributed by atoms with Crippen LogP contribution in [0.2, 0.25) is 0 Å². The highest BCUT2D eigenvalue weighted by atomic mass is 19.1. The number of halogens is 1. The maximum atomic E-state index is 13.8. The van der Waals surface area contributed by atoms with Gasteiger partial charge in [0.05, 0.1) is 33.5 Å². The quantitative estimate of drug-likeness (QED) is 0.197. The Kier molecular flexibility index (Phi) is 4.83. The van der Waals surface area contributed by atoms with Crippen LogP contribution in [0.25, 0.3) is 22.1 Å². The van der Waals surface area contributed by atoms with Crippen molar-refractivity contribution < 1.29 is 4.39 Å². The molecule has 2 aliphatic heterocycles. The van der Waals surface area contributed by atoms with Crippen LogP contribution in [0, 0.1) is 5.82 Å². The van der Waals surface area contributed by atoms with Gasteiger partial charge >= 0.3 is 0 Å². The first-order valence-electron chi connectivity index (χ1n) is 12.8. The normalized spacial score (nSPS) is 21.2. The van der Waals surface area contributed by atoms with Crippen LogP contribution in [-0.4, -0.2) is 41.8 Å². The molecule has 13 heteroatoms. The van der Waals surface area contributed by atoms with Crippen molar-refractivity contribution in [3.05, 3.63) is 108 Å². The molecule has 0 amide bonds. The minimum absolute atomic E-state index is 0.357. The van der Waals surface area contributed by atoms with Crippen molar-refractivity contribution in [2.75, 3.05) is 10.6 Å². The summed E-state index contributed by atoms with van der Waals surface area (Å²) in [5.74, 6) is 1.31. The van der Waals surface area contributed by atoms with Crippen molar-refractivity contribution in [2.45, 2.75) is 11.3 Å². The van der Waals surface area contributed by atoms with Gasteiger partial charge in [0.25, 0.3) is 0 Å². The molecule has 4 aromatic heterocycles. The third-order valence-electron chi connectivity index (χ3n) is 7.06. The molecule has 2 aliphatic rings. The standard InChI is InChI=1S/C28H21FN12/c29-16-11-12-19-20(15-16)35-24(34-19)37-26-40-27(21-9-3-5-13-30-21)28(41-26,22-10-4-6-14-31-22)39-25(38-27)36-23-32-17-7-1-2-8-18(17)33-23/h1-15H,(H3,32,33,36,38,39)(H3,34,35,37,40,41). The number of fused-ring (bicyclic) bond motifs is 3. The first-order valence-corrected chi connectivity index (χ1v) is 12.8. The van der Waals surface area contributed by atoms with Crippen LogP contribution in [0.3, 0.4) is 0 Å². The van der Waals surface area contributed by atoms with Crippen molar-refractivity contribution in [3.63, 3.8) is 0 Å². The minimum atomic E-state index is -1.32. The summed E-state index contributed by atoms with van der Waals surface area (Å²) >= 11 is 0. The lowest BCUT2D eigenvalue weighted by atomic mass is 9.88. The number of nitrogens with zero attached hydrogens (tertiary/aromatic N) is 6. The molecule has 12 nitrogen and oxygen atoms in total. The first kappa shape index (κ1) is 23.1. The van der Waals surface area contributed by atoms with E-state index in [4.69, 9.17) is 9.98 Å². The molecule has 6 heterocycles. The maximum absolute atomic E-state index is 13.8. The molecule has 2 aromatic carbocycles. The zero-order valence-corrected chi connectivity index (χ0v) is 21.2. The first-order chi connectivity index (χ1) is 20.1. The number of aromatic amines is 2. The molecule has 0 saturated heterocycles. The highest BCUT2D eigenvalue weighted by molar-refractivity contribution is 6.01. The summed E-state index contributed by atoms with van der Waals surface area (Å²) in [5.41, 5.74) is 1.58. The number of imidazole rings is 2. The Morgan fingerprint density at radius 1 is 0.634 bits per heavy atom. The largest absolute Gasteiger partial charge is 0.324 e. The van der Waals surface area contributed by atoms with Crippen LogP contribution in [0.4, 0.5) is 16.3 Å². The summed E-state index contributed by atoms with van der Waals surface area (Å²) in [4.78, 5) is 35.0. The van der Waals surface area contributed by atoms with Crippen LogP contribution < -0.4 is 21.3 Å². The summed E-state index contributed by atoms with van der Waals surface area (Å²) in [6.07, 6.45) is 3.41. The smallest absolute Gasteiger partial charge is 0.246 e. The van der Waals surface area contributed by atoms with Crippen LogP contribution >= 0.6 is 0 Å². The van der Waals surface area contributed by atoms with Crippen molar-refractivity contribution in [1.82, 2.24) is 40.5 Å². The fraction of sp³-hybridized carbons (Fsp3) is 0.0714. The van der Waals surface area contributed by atoms with Gasteiger partial charge in [-0.25, -0.2) is 24.3 Å². The molecule has 0 radical (unpaired) electrons. The average molecular weight is 545 g/mol. The predicted molar refractivity (Wildman–Crippen MR) is 152 cm³/mol. The average Bonchev–Trinajstić information content (AvgIpc) is 3.73. The van der Waals surface area contributed by atoms with E-state index in [1.165, 1.54) is 12.1 Å². The zero-order valence-electron chi connectivity index (χ0n) is 21.2. The topological polar surface area (TPSA) is 156 Å². The molecule has 0 bridgehead atoms. The summed E-state index contributed by atoms with van der Waals surface area (Å²) in [5, 5.41) is 13.4. The van der Waals surface area contributed by atoms with E-state index in [-0.39, 0.29) is 5.82 Å². The lowest BCUT2D eigenvalue weighted by Crippen LogP contribution is -2.61. The van der Waals surface area contributed by atoms with Crippen LogP contribution in [0.15, 0.2) is 101 Å². The van der Waals surface area contributed by atoms with E-state index in [2.05, 4.69) is 51.2 Å². The third kappa shape index (κ3) is 3.59. The van der Waals surface area contributed by atoms with E-state index in [0.717, 1.165) is 11.0 Å². The van der Waals surface area contributed by atoms with Gasteiger partial charge in [0, 0.05) is 12.4 Å². The number of hydrogen-bond donors (Lipinski definition) is 6. The summed E-state index contributed by atoms with van der Waals surface area (Å²) < 4.78 is 13.8. The molecule has 2 atom stereocenters. The second kappa shape index (κ2) is 8.58. The minimum Gasteiger partial charge on any atom is -0.324 e. The maximum Gasteiger partial charge on any atom is 0.246 e. The monoisotopic (exact) mass is 544 g/mol. The zero-order chi connectivity index (χ0) is 27.4. The molecule has 0 saturated carbocycles.